The zero-order valence-corrected chi connectivity index (χ0v) is 18.6. The Morgan fingerprint density at radius 2 is 1.77 bits per heavy atom. The van der Waals surface area contributed by atoms with Crippen LogP contribution in [-0.2, 0) is 0 Å². The van der Waals surface area contributed by atoms with Crippen molar-refractivity contribution in [2.75, 3.05) is 39.3 Å². The maximum Gasteiger partial charge on any atom is 0.119 e. The molecule has 2 atom stereocenters. The van der Waals surface area contributed by atoms with Crippen LogP contribution in [0.5, 0.6) is 5.75 Å². The lowest BCUT2D eigenvalue weighted by Gasteiger charge is -2.38. The number of likely N-dealkylation sites (tertiary alicyclic amines) is 1. The summed E-state index contributed by atoms with van der Waals surface area (Å²) in [6.45, 7) is 6.75. The average Bonchev–Trinajstić information content (AvgIpc) is 3.26. The van der Waals surface area contributed by atoms with Crippen molar-refractivity contribution in [2.45, 2.75) is 50.5 Å². The number of benzene rings is 2. The summed E-state index contributed by atoms with van der Waals surface area (Å²) in [5.74, 6) is 1.37. The number of hydrogen-bond acceptors (Lipinski definition) is 3. The highest BCUT2D eigenvalue weighted by molar-refractivity contribution is 6.31. The van der Waals surface area contributed by atoms with E-state index in [-0.39, 0.29) is 0 Å². The van der Waals surface area contributed by atoms with Crippen molar-refractivity contribution in [3.05, 3.63) is 64.2 Å². The van der Waals surface area contributed by atoms with Crippen molar-refractivity contribution in [3.63, 3.8) is 0 Å². The molecule has 3 aliphatic rings. The molecule has 2 fully saturated rings. The lowest BCUT2D eigenvalue weighted by Crippen LogP contribution is -2.34. The number of piperidine rings is 1. The van der Waals surface area contributed by atoms with Crippen LogP contribution in [0.15, 0.2) is 42.5 Å². The van der Waals surface area contributed by atoms with Crippen LogP contribution in [0.1, 0.15) is 67.2 Å². The van der Waals surface area contributed by atoms with Crippen molar-refractivity contribution in [1.29, 1.82) is 0 Å². The van der Waals surface area contributed by atoms with E-state index in [1.54, 1.807) is 0 Å². The maximum atomic E-state index is 6.60. The number of halogens is 1. The quantitative estimate of drug-likeness (QED) is 0.538. The summed E-state index contributed by atoms with van der Waals surface area (Å²) < 4.78 is 6.21. The monoisotopic (exact) mass is 424 g/mol. The lowest BCUT2D eigenvalue weighted by molar-refractivity contribution is 0.204. The van der Waals surface area contributed by atoms with Gasteiger partial charge in [0.1, 0.15) is 5.75 Å². The number of rotatable bonds is 6. The number of nitrogens with zero attached hydrogens (tertiary/aromatic N) is 2. The van der Waals surface area contributed by atoms with E-state index in [0.29, 0.717) is 12.0 Å². The topological polar surface area (TPSA) is 15.7 Å². The van der Waals surface area contributed by atoms with Crippen LogP contribution in [0.3, 0.4) is 0 Å². The van der Waals surface area contributed by atoms with E-state index in [2.05, 4.69) is 40.1 Å². The molecule has 3 heterocycles. The summed E-state index contributed by atoms with van der Waals surface area (Å²) in [5, 5.41) is 0.879. The smallest absolute Gasteiger partial charge is 0.119 e. The van der Waals surface area contributed by atoms with Crippen LogP contribution >= 0.6 is 11.6 Å². The van der Waals surface area contributed by atoms with E-state index in [9.17, 15) is 0 Å². The van der Waals surface area contributed by atoms with Crippen molar-refractivity contribution < 1.29 is 4.74 Å². The summed E-state index contributed by atoms with van der Waals surface area (Å²) in [4.78, 5) is 5.24. The highest BCUT2D eigenvalue weighted by atomic mass is 35.5. The second kappa shape index (κ2) is 9.30. The average molecular weight is 425 g/mol. The normalized spacial score (nSPS) is 24.4. The fourth-order valence-electron chi connectivity index (χ4n) is 5.66. The van der Waals surface area contributed by atoms with Gasteiger partial charge < -0.3 is 9.64 Å². The van der Waals surface area contributed by atoms with Gasteiger partial charge >= 0.3 is 0 Å². The summed E-state index contributed by atoms with van der Waals surface area (Å²) in [7, 11) is 0. The maximum absolute atomic E-state index is 6.60. The Balaban J connectivity index is 1.31. The lowest BCUT2D eigenvalue weighted by atomic mass is 9.81. The van der Waals surface area contributed by atoms with Gasteiger partial charge in [-0.15, -0.1) is 0 Å². The molecule has 2 aromatic carbocycles. The molecule has 0 aromatic heterocycles. The predicted molar refractivity (Wildman–Crippen MR) is 124 cm³/mol. The fourth-order valence-corrected chi connectivity index (χ4v) is 5.93. The third-order valence-electron chi connectivity index (χ3n) is 7.19. The molecule has 0 aliphatic carbocycles. The first kappa shape index (κ1) is 20.4. The Morgan fingerprint density at radius 3 is 2.63 bits per heavy atom. The van der Waals surface area contributed by atoms with Crippen LogP contribution in [0.25, 0.3) is 0 Å². The Labute approximate surface area is 186 Å². The molecule has 0 N–H and O–H groups in total. The van der Waals surface area contributed by atoms with Crippen LogP contribution in [0.2, 0.25) is 5.02 Å². The van der Waals surface area contributed by atoms with Gasteiger partial charge in [-0.05, 0) is 86.6 Å². The number of fused-ring (bicyclic) bond motifs is 3. The molecule has 160 valence electrons. The van der Waals surface area contributed by atoms with Crippen molar-refractivity contribution in [2.24, 2.45) is 0 Å². The van der Waals surface area contributed by atoms with E-state index in [1.807, 2.05) is 12.1 Å². The number of hydrogen-bond donors (Lipinski definition) is 0. The molecule has 0 amide bonds. The molecule has 0 unspecified atom stereocenters. The molecule has 3 aliphatic heterocycles. The van der Waals surface area contributed by atoms with E-state index >= 15 is 0 Å². The van der Waals surface area contributed by atoms with Gasteiger partial charge in [0.15, 0.2) is 0 Å². The summed E-state index contributed by atoms with van der Waals surface area (Å²) >= 11 is 6.60. The number of ether oxygens (including phenoxy) is 1. The van der Waals surface area contributed by atoms with Crippen LogP contribution < -0.4 is 4.74 Å². The molecule has 0 bridgehead atoms. The molecule has 30 heavy (non-hydrogen) atoms. The van der Waals surface area contributed by atoms with Crippen molar-refractivity contribution in [3.8, 4) is 5.75 Å². The molecule has 3 nitrogen and oxygen atoms in total. The molecule has 2 saturated heterocycles. The summed E-state index contributed by atoms with van der Waals surface area (Å²) in [6.07, 6.45) is 7.75. The first-order chi connectivity index (χ1) is 14.8. The van der Waals surface area contributed by atoms with Crippen LogP contribution in [-0.4, -0.2) is 49.1 Å². The van der Waals surface area contributed by atoms with E-state index in [0.717, 1.165) is 36.9 Å². The van der Waals surface area contributed by atoms with Gasteiger partial charge in [-0.2, -0.15) is 0 Å². The highest BCUT2D eigenvalue weighted by Crippen LogP contribution is 2.46. The molecule has 0 radical (unpaired) electrons. The molecule has 0 saturated carbocycles. The summed E-state index contributed by atoms with van der Waals surface area (Å²) in [5.41, 5.74) is 4.14. The van der Waals surface area contributed by atoms with Gasteiger partial charge in [-0.3, -0.25) is 4.90 Å². The first-order valence-electron chi connectivity index (χ1n) is 11.8. The van der Waals surface area contributed by atoms with Gasteiger partial charge in [0.05, 0.1) is 6.61 Å². The Morgan fingerprint density at radius 1 is 0.900 bits per heavy atom. The molecule has 4 heteroatoms. The van der Waals surface area contributed by atoms with Gasteiger partial charge in [-0.25, -0.2) is 0 Å². The second-order valence-corrected chi connectivity index (χ2v) is 9.53. The standard InChI is InChI=1S/C26H33ClN2O/c27-25-9-3-2-8-22(25)24-19-29-16-6-10-26(29)23-18-20(11-12-21(23)24)30-17-7-15-28-13-4-1-5-14-28/h2-3,8-9,11-12,18,24,26H,1,4-7,10,13-17,19H2/t24-,26-/m0/s1. The van der Waals surface area contributed by atoms with Gasteiger partial charge in [-0.1, -0.05) is 42.3 Å². The van der Waals surface area contributed by atoms with E-state index < -0.39 is 0 Å². The van der Waals surface area contributed by atoms with E-state index in [4.69, 9.17) is 16.3 Å². The zero-order valence-electron chi connectivity index (χ0n) is 17.9. The molecule has 0 spiro atoms. The largest absolute Gasteiger partial charge is 0.494 e. The Bertz CT molecular complexity index is 864. The van der Waals surface area contributed by atoms with Gasteiger partial charge in [0.2, 0.25) is 0 Å². The van der Waals surface area contributed by atoms with E-state index in [1.165, 1.54) is 68.4 Å². The first-order valence-corrected chi connectivity index (χ1v) is 12.1. The second-order valence-electron chi connectivity index (χ2n) is 9.12. The van der Waals surface area contributed by atoms with Crippen LogP contribution in [0.4, 0.5) is 0 Å². The van der Waals surface area contributed by atoms with Crippen molar-refractivity contribution in [1.82, 2.24) is 9.80 Å². The van der Waals surface area contributed by atoms with Gasteiger partial charge in [0.25, 0.3) is 0 Å². The van der Waals surface area contributed by atoms with Crippen LogP contribution in [0, 0.1) is 0 Å². The summed E-state index contributed by atoms with van der Waals surface area (Å²) in [6, 6.07) is 15.7. The van der Waals surface area contributed by atoms with Crippen molar-refractivity contribution >= 4 is 11.6 Å². The molecular weight excluding hydrogens is 392 g/mol. The Hall–Kier alpha value is -1.55. The minimum absolute atomic E-state index is 0.344. The molecular formula is C26H33ClN2O. The third kappa shape index (κ3) is 4.26. The minimum Gasteiger partial charge on any atom is -0.494 e. The molecule has 2 aromatic rings. The van der Waals surface area contributed by atoms with Gasteiger partial charge in [0, 0.05) is 30.1 Å². The minimum atomic E-state index is 0.344. The SMILES string of the molecule is Clc1ccccc1[C@H]1CN2CCC[C@H]2c2cc(OCCCN3CCCCC3)ccc21. The third-order valence-corrected chi connectivity index (χ3v) is 7.53. The predicted octanol–water partition coefficient (Wildman–Crippen LogP) is 5.88. The zero-order chi connectivity index (χ0) is 20.3. The molecule has 5 rings (SSSR count). The fraction of sp³-hybridized carbons (Fsp3) is 0.538. The highest BCUT2D eigenvalue weighted by Gasteiger charge is 2.37. The Kier molecular flexibility index (Phi) is 6.31.